The zero-order valence-corrected chi connectivity index (χ0v) is 21.2. The van der Waals surface area contributed by atoms with Crippen molar-refractivity contribution in [1.82, 2.24) is 0 Å². The molecule has 2 heterocycles. The van der Waals surface area contributed by atoms with E-state index in [-0.39, 0.29) is 37.4 Å². The molecule has 2 aliphatic heterocycles. The molecular weight excluding hydrogens is 455 g/mol. The van der Waals surface area contributed by atoms with Gasteiger partial charge < -0.3 is 56.1 Å². The summed E-state index contributed by atoms with van der Waals surface area (Å²) in [6.45, 7) is -0.0163. The number of hydrogen-bond donors (Lipinski definition) is 7. The Morgan fingerprint density at radius 3 is 2.18 bits per heavy atom. The maximum Gasteiger partial charge on any atom is 1.00 e. The van der Waals surface area contributed by atoms with Crippen LogP contribution in [-0.2, 0) is 23.7 Å². The number of hydrogen-bond acceptors (Lipinski definition) is 12. The molecule has 13 heteroatoms. The Balaban J connectivity index is 0.00000544. The van der Waals surface area contributed by atoms with Crippen LogP contribution < -0.4 is 29.6 Å². The van der Waals surface area contributed by atoms with Crippen LogP contribution in [0.15, 0.2) is 0 Å². The number of rotatable bonds is 12. The number of carbonyl (C=O) groups excluding carboxylic acids is 1. The molecule has 0 aromatic carbocycles. The molecule has 0 aromatic rings. The first-order valence-corrected chi connectivity index (χ1v) is 11.0. The maximum absolute atomic E-state index is 11.9. The summed E-state index contributed by atoms with van der Waals surface area (Å²) in [5.41, 5.74) is 0. The molecule has 190 valence electrons. The average molecular weight is 492 g/mol. The fourth-order valence-corrected chi connectivity index (χ4v) is 3.74. The number of unbranched alkanes of at least 4 members (excludes halogenated alkanes) is 4. The smallest absolute Gasteiger partial charge is 1.00 e. The Hall–Kier alpha value is 0.0700. The minimum atomic E-state index is -2.26. The predicted molar refractivity (Wildman–Crippen MR) is 107 cm³/mol. The molecule has 0 unspecified atom stereocenters. The number of carbonyl (C=O) groups is 1. The van der Waals surface area contributed by atoms with Gasteiger partial charge in [0, 0.05) is 6.42 Å². The fourth-order valence-electron chi connectivity index (χ4n) is 3.74. The minimum absolute atomic E-state index is 0. The normalized spacial score (nSPS) is 38.7. The van der Waals surface area contributed by atoms with Gasteiger partial charge in [-0.2, -0.15) is 0 Å². The third kappa shape index (κ3) is 7.78. The number of aliphatic hydroxyl groups is 7. The van der Waals surface area contributed by atoms with Crippen LogP contribution in [0.3, 0.4) is 0 Å². The third-order valence-corrected chi connectivity index (χ3v) is 5.78. The maximum atomic E-state index is 11.9. The van der Waals surface area contributed by atoms with Crippen LogP contribution in [0.5, 0.6) is 0 Å². The Morgan fingerprint density at radius 2 is 1.61 bits per heavy atom. The summed E-state index contributed by atoms with van der Waals surface area (Å²) in [6, 6.07) is 0. The largest absolute Gasteiger partial charge is 1.00 e. The quantitative estimate of drug-likeness (QED) is 0.0777. The molecule has 33 heavy (non-hydrogen) atoms. The van der Waals surface area contributed by atoms with Crippen molar-refractivity contribution in [2.75, 3.05) is 19.8 Å². The molecule has 0 amide bonds. The number of esters is 1. The van der Waals surface area contributed by atoms with Crippen LogP contribution in [0.1, 0.15) is 46.9 Å². The van der Waals surface area contributed by atoms with Gasteiger partial charge in [-0.05, 0) is 6.42 Å². The molecule has 0 bridgehead atoms. The minimum Gasteiger partial charge on any atom is -1.00 e. The molecule has 2 aliphatic rings. The topological polar surface area (TPSA) is 196 Å². The van der Waals surface area contributed by atoms with Gasteiger partial charge in [0.25, 0.3) is 0 Å². The summed E-state index contributed by atoms with van der Waals surface area (Å²) >= 11 is 0. The molecule has 0 spiro atoms. The van der Waals surface area contributed by atoms with Crippen LogP contribution in [0.4, 0.5) is 0 Å². The number of aliphatic hydroxyl groups excluding tert-OH is 7. The van der Waals surface area contributed by atoms with Gasteiger partial charge >= 0.3 is 35.5 Å². The van der Waals surface area contributed by atoms with E-state index < -0.39 is 80.6 Å². The van der Waals surface area contributed by atoms with Crippen LogP contribution >= 0.6 is 0 Å². The van der Waals surface area contributed by atoms with E-state index in [1.807, 2.05) is 0 Å². The van der Waals surface area contributed by atoms with Crippen molar-refractivity contribution in [3.63, 3.8) is 0 Å². The van der Waals surface area contributed by atoms with Crippen molar-refractivity contribution in [2.24, 2.45) is 0 Å². The molecule has 2 rings (SSSR count). The summed E-state index contributed by atoms with van der Waals surface area (Å²) in [5.74, 6) is -2.77. The van der Waals surface area contributed by atoms with Crippen molar-refractivity contribution in [2.45, 2.75) is 100 Å². The zero-order chi connectivity index (χ0) is 23.9. The van der Waals surface area contributed by atoms with E-state index in [1.54, 1.807) is 0 Å². The van der Waals surface area contributed by atoms with Gasteiger partial charge in [-0.3, -0.25) is 4.79 Å². The molecule has 7 N–H and O–H groups in total. The van der Waals surface area contributed by atoms with Gasteiger partial charge in [-0.25, -0.2) is 0 Å². The van der Waals surface area contributed by atoms with Crippen molar-refractivity contribution < 1.29 is 90.5 Å². The van der Waals surface area contributed by atoms with E-state index in [9.17, 15) is 40.5 Å². The molecule has 9 atom stereocenters. The number of ether oxygens (including phenoxy) is 4. The van der Waals surface area contributed by atoms with Gasteiger partial charge in [-0.15, -0.1) is 0 Å². The molecule has 0 aliphatic carbocycles. The summed E-state index contributed by atoms with van der Waals surface area (Å²) in [4.78, 5) is 11.9. The van der Waals surface area contributed by atoms with Crippen LogP contribution in [-0.4, -0.2) is 116 Å². The van der Waals surface area contributed by atoms with Crippen LogP contribution in [0, 0.1) is 0 Å². The van der Waals surface area contributed by atoms with Gasteiger partial charge in [0.1, 0.15) is 55.9 Å². The molecule has 2 saturated heterocycles. The van der Waals surface area contributed by atoms with E-state index in [0.29, 0.717) is 6.42 Å². The van der Waals surface area contributed by atoms with Crippen molar-refractivity contribution >= 4 is 5.97 Å². The fraction of sp³-hybridized carbons (Fsp3) is 0.950. The second-order valence-electron chi connectivity index (χ2n) is 8.22. The second kappa shape index (κ2) is 14.6. The van der Waals surface area contributed by atoms with E-state index in [2.05, 4.69) is 6.92 Å². The van der Waals surface area contributed by atoms with Gasteiger partial charge in [0.2, 0.25) is 5.79 Å². The second-order valence-corrected chi connectivity index (χ2v) is 8.22. The van der Waals surface area contributed by atoms with Crippen molar-refractivity contribution in [3.05, 3.63) is 0 Å². The summed E-state index contributed by atoms with van der Waals surface area (Å²) in [5, 5.41) is 69.7. The Kier molecular flexibility index (Phi) is 13.7. The predicted octanol–water partition coefficient (Wildman–Crippen LogP) is -5.37. The van der Waals surface area contributed by atoms with Gasteiger partial charge in [0.05, 0.1) is 6.61 Å². The monoisotopic (exact) mass is 492 g/mol. The summed E-state index contributed by atoms with van der Waals surface area (Å²) < 4.78 is 21.2. The van der Waals surface area contributed by atoms with Crippen LogP contribution in [0.25, 0.3) is 0 Å². The Bertz CT molecular complexity index is 590. The Labute approximate surface area is 216 Å². The van der Waals surface area contributed by atoms with E-state index in [4.69, 9.17) is 18.9 Å². The first-order chi connectivity index (χ1) is 15.2. The van der Waals surface area contributed by atoms with Crippen molar-refractivity contribution in [1.29, 1.82) is 0 Å². The SMILES string of the molecule is CCCCCCCC(=O)OC[C@H]1O[C@H](O[C@]2(CO)O[C@H](CO)[C@@H](O)[C@@H]2O)[C@H](O)[C@@H](O)[C@@H]1O.[H-].[Na+]. The summed E-state index contributed by atoms with van der Waals surface area (Å²) in [6.07, 6.45) is -7.98. The van der Waals surface area contributed by atoms with E-state index >= 15 is 0 Å². The van der Waals surface area contributed by atoms with Crippen molar-refractivity contribution in [3.8, 4) is 0 Å². The molecule has 2 fully saturated rings. The van der Waals surface area contributed by atoms with Gasteiger partial charge in [-0.1, -0.05) is 32.6 Å². The average Bonchev–Trinajstić information content (AvgIpc) is 3.03. The van der Waals surface area contributed by atoms with E-state index in [1.165, 1.54) is 0 Å². The zero-order valence-electron chi connectivity index (χ0n) is 20.2. The molecular formula is C20H37NaO12. The first-order valence-electron chi connectivity index (χ1n) is 11.0. The standard InChI is InChI=1S/C20H36O12.Na.H/c1-2-3-4-5-6-7-13(23)29-9-12-14(24)16(26)17(27)19(30-12)32-20(10-22)18(28)15(25)11(8-21)31-20;;/h11-12,14-19,21-22,24-28H,2-10H2,1H3;;/q;+1;-1/t11-,12-,14-,15-,16+,17-,18+,19-,20+;;/m1../s1. The molecule has 0 radical (unpaired) electrons. The van der Waals surface area contributed by atoms with Crippen LogP contribution in [0.2, 0.25) is 0 Å². The van der Waals surface area contributed by atoms with Gasteiger partial charge in [0.15, 0.2) is 6.29 Å². The Morgan fingerprint density at radius 1 is 0.939 bits per heavy atom. The molecule has 0 aromatic heterocycles. The molecule has 12 nitrogen and oxygen atoms in total. The molecule has 0 saturated carbocycles. The first kappa shape index (κ1) is 31.1. The third-order valence-electron chi connectivity index (χ3n) is 5.78. The summed E-state index contributed by atoms with van der Waals surface area (Å²) in [7, 11) is 0. The van der Waals surface area contributed by atoms with E-state index in [0.717, 1.165) is 25.7 Å².